The van der Waals surface area contributed by atoms with Crippen molar-refractivity contribution >= 4 is 21.6 Å². The molecule has 3 rings (SSSR count). The van der Waals surface area contributed by atoms with E-state index >= 15 is 0 Å². The second-order valence-electron chi connectivity index (χ2n) is 7.14. The van der Waals surface area contributed by atoms with Crippen LogP contribution in [0.1, 0.15) is 19.8 Å². The lowest BCUT2D eigenvalue weighted by atomic mass is 9.98. The Labute approximate surface area is 183 Å². The fraction of sp³-hybridized carbons (Fsp3) is 0.409. The first-order valence-electron chi connectivity index (χ1n) is 10.2. The molecule has 1 fully saturated rings. The summed E-state index contributed by atoms with van der Waals surface area (Å²) < 4.78 is 43.7. The Hall–Kier alpha value is -2.78. The molecule has 1 heterocycles. The average molecular weight is 449 g/mol. The van der Waals surface area contributed by atoms with Gasteiger partial charge in [0.2, 0.25) is 15.9 Å². The number of hydrogen-bond donors (Lipinski definition) is 1. The lowest BCUT2D eigenvalue weighted by molar-refractivity contribution is -0.120. The van der Waals surface area contributed by atoms with Crippen molar-refractivity contribution in [2.45, 2.75) is 24.7 Å². The molecule has 0 aromatic heterocycles. The quantitative estimate of drug-likeness (QED) is 0.667. The summed E-state index contributed by atoms with van der Waals surface area (Å²) in [6.07, 6.45) is 1.21. The van der Waals surface area contributed by atoms with Crippen LogP contribution in [0.5, 0.6) is 17.2 Å². The zero-order valence-electron chi connectivity index (χ0n) is 18.0. The zero-order chi connectivity index (χ0) is 22.4. The molecule has 1 aliphatic rings. The summed E-state index contributed by atoms with van der Waals surface area (Å²) in [7, 11) is -0.839. The Morgan fingerprint density at radius 3 is 2.55 bits per heavy atom. The van der Waals surface area contributed by atoms with Crippen molar-refractivity contribution in [3.05, 3.63) is 42.5 Å². The standard InChI is InChI=1S/C22H28N2O6S/c1-4-30-19-10-6-5-9-18(19)23-22(25)16-8-7-13-24(15-16)31(26,27)17-11-12-20(28-2)21(14-17)29-3/h5-6,9-12,14,16H,4,7-8,13,15H2,1-3H3,(H,23,25)/t16-/m0/s1. The number of benzene rings is 2. The second-order valence-corrected chi connectivity index (χ2v) is 9.08. The first-order valence-corrected chi connectivity index (χ1v) is 11.6. The number of carbonyl (C=O) groups is 1. The number of carbonyl (C=O) groups excluding carboxylic acids is 1. The number of nitrogens with one attached hydrogen (secondary N) is 1. The molecule has 31 heavy (non-hydrogen) atoms. The van der Waals surface area contributed by atoms with Gasteiger partial charge >= 0.3 is 0 Å². The highest BCUT2D eigenvalue weighted by molar-refractivity contribution is 7.89. The van der Waals surface area contributed by atoms with Crippen molar-refractivity contribution in [1.82, 2.24) is 4.31 Å². The number of piperidine rings is 1. The maximum absolute atomic E-state index is 13.2. The molecule has 168 valence electrons. The lowest BCUT2D eigenvalue weighted by Crippen LogP contribution is -2.43. The van der Waals surface area contributed by atoms with Crippen LogP contribution in [0.3, 0.4) is 0 Å². The molecule has 1 saturated heterocycles. The van der Waals surface area contributed by atoms with Gasteiger partial charge < -0.3 is 19.5 Å². The minimum atomic E-state index is -3.78. The van der Waals surface area contributed by atoms with E-state index in [2.05, 4.69) is 5.32 Å². The molecule has 0 spiro atoms. The Balaban J connectivity index is 1.76. The molecule has 0 saturated carbocycles. The number of sulfonamides is 1. The molecule has 0 radical (unpaired) electrons. The molecular formula is C22H28N2O6S. The number of ether oxygens (including phenoxy) is 3. The van der Waals surface area contributed by atoms with Gasteiger partial charge in [0, 0.05) is 19.2 Å². The zero-order valence-corrected chi connectivity index (χ0v) is 18.8. The lowest BCUT2D eigenvalue weighted by Gasteiger charge is -2.31. The predicted molar refractivity (Wildman–Crippen MR) is 117 cm³/mol. The number of hydrogen-bond acceptors (Lipinski definition) is 6. The van der Waals surface area contributed by atoms with Crippen LogP contribution >= 0.6 is 0 Å². The second kappa shape index (κ2) is 10.0. The maximum Gasteiger partial charge on any atom is 0.243 e. The van der Waals surface area contributed by atoms with Crippen LogP contribution in [0, 0.1) is 5.92 Å². The van der Waals surface area contributed by atoms with Crippen molar-refractivity contribution in [3.8, 4) is 17.2 Å². The number of para-hydroxylation sites is 2. The third-order valence-electron chi connectivity index (χ3n) is 5.19. The van der Waals surface area contributed by atoms with Crippen LogP contribution in [0.2, 0.25) is 0 Å². The van der Waals surface area contributed by atoms with E-state index in [4.69, 9.17) is 14.2 Å². The van der Waals surface area contributed by atoms with E-state index < -0.39 is 15.9 Å². The molecule has 1 amide bonds. The van der Waals surface area contributed by atoms with Crippen LogP contribution in [0.4, 0.5) is 5.69 Å². The number of nitrogens with zero attached hydrogens (tertiary/aromatic N) is 1. The number of amides is 1. The first-order chi connectivity index (χ1) is 14.9. The van der Waals surface area contributed by atoms with Crippen LogP contribution in [-0.4, -0.2) is 52.5 Å². The fourth-order valence-electron chi connectivity index (χ4n) is 3.59. The number of rotatable bonds is 8. The van der Waals surface area contributed by atoms with Gasteiger partial charge in [0.1, 0.15) is 5.75 Å². The predicted octanol–water partition coefficient (Wildman–Crippen LogP) is 3.14. The normalized spacial score (nSPS) is 17.1. The van der Waals surface area contributed by atoms with E-state index in [0.717, 1.165) is 0 Å². The molecule has 0 aliphatic carbocycles. The van der Waals surface area contributed by atoms with E-state index in [-0.39, 0.29) is 17.3 Å². The molecule has 2 aromatic carbocycles. The molecule has 2 aromatic rings. The SMILES string of the molecule is CCOc1ccccc1NC(=O)[C@H]1CCCN(S(=O)(=O)c2ccc(OC)c(OC)c2)C1. The molecule has 1 aliphatic heterocycles. The van der Waals surface area contributed by atoms with E-state index in [1.807, 2.05) is 19.1 Å². The maximum atomic E-state index is 13.2. The summed E-state index contributed by atoms with van der Waals surface area (Å²) in [6, 6.07) is 11.7. The summed E-state index contributed by atoms with van der Waals surface area (Å²) in [5, 5.41) is 2.89. The topological polar surface area (TPSA) is 94.2 Å². The van der Waals surface area contributed by atoms with Crippen molar-refractivity contribution < 1.29 is 27.4 Å². The van der Waals surface area contributed by atoms with Crippen molar-refractivity contribution in [3.63, 3.8) is 0 Å². The van der Waals surface area contributed by atoms with E-state index in [1.165, 1.54) is 30.7 Å². The molecule has 0 unspecified atom stereocenters. The van der Waals surface area contributed by atoms with Crippen LogP contribution < -0.4 is 19.5 Å². The highest BCUT2D eigenvalue weighted by Gasteiger charge is 2.34. The van der Waals surface area contributed by atoms with Crippen LogP contribution in [0.15, 0.2) is 47.4 Å². The molecule has 1 N–H and O–H groups in total. The largest absolute Gasteiger partial charge is 0.493 e. The molecule has 0 bridgehead atoms. The van der Waals surface area contributed by atoms with Gasteiger partial charge in [-0.1, -0.05) is 12.1 Å². The minimum absolute atomic E-state index is 0.105. The minimum Gasteiger partial charge on any atom is -0.493 e. The van der Waals surface area contributed by atoms with Gasteiger partial charge in [-0.05, 0) is 44.0 Å². The summed E-state index contributed by atoms with van der Waals surface area (Å²) in [5.41, 5.74) is 0.578. The monoisotopic (exact) mass is 448 g/mol. The van der Waals surface area contributed by atoms with Gasteiger partial charge in [-0.2, -0.15) is 4.31 Å². The third kappa shape index (κ3) is 5.11. The van der Waals surface area contributed by atoms with Crippen LogP contribution in [-0.2, 0) is 14.8 Å². The van der Waals surface area contributed by atoms with Gasteiger partial charge in [0.05, 0.1) is 37.3 Å². The van der Waals surface area contributed by atoms with E-state index in [0.29, 0.717) is 48.9 Å². The van der Waals surface area contributed by atoms with Crippen molar-refractivity contribution in [2.24, 2.45) is 5.92 Å². The van der Waals surface area contributed by atoms with Crippen molar-refractivity contribution in [2.75, 3.05) is 39.2 Å². The van der Waals surface area contributed by atoms with Gasteiger partial charge in [0.15, 0.2) is 11.5 Å². The Morgan fingerprint density at radius 1 is 1.10 bits per heavy atom. The van der Waals surface area contributed by atoms with E-state index in [1.54, 1.807) is 18.2 Å². The summed E-state index contributed by atoms with van der Waals surface area (Å²) in [4.78, 5) is 13.0. The Morgan fingerprint density at radius 2 is 1.84 bits per heavy atom. The summed E-state index contributed by atoms with van der Waals surface area (Å²) in [6.45, 7) is 2.82. The average Bonchev–Trinajstić information content (AvgIpc) is 2.80. The number of methoxy groups -OCH3 is 2. The van der Waals surface area contributed by atoms with Crippen LogP contribution in [0.25, 0.3) is 0 Å². The first kappa shape index (κ1) is 22.9. The Kier molecular flexibility index (Phi) is 7.40. The molecule has 1 atom stereocenters. The summed E-state index contributed by atoms with van der Waals surface area (Å²) >= 11 is 0. The summed E-state index contributed by atoms with van der Waals surface area (Å²) in [5.74, 6) is 0.689. The highest BCUT2D eigenvalue weighted by atomic mass is 32.2. The third-order valence-corrected chi connectivity index (χ3v) is 7.05. The smallest absolute Gasteiger partial charge is 0.243 e. The molecule has 9 heteroatoms. The van der Waals surface area contributed by atoms with Gasteiger partial charge in [0.25, 0.3) is 0 Å². The number of anilines is 1. The van der Waals surface area contributed by atoms with E-state index in [9.17, 15) is 13.2 Å². The van der Waals surface area contributed by atoms with Gasteiger partial charge in [-0.15, -0.1) is 0 Å². The van der Waals surface area contributed by atoms with Crippen molar-refractivity contribution in [1.29, 1.82) is 0 Å². The van der Waals surface area contributed by atoms with Gasteiger partial charge in [-0.3, -0.25) is 4.79 Å². The Bertz CT molecular complexity index is 1020. The fourth-order valence-corrected chi connectivity index (χ4v) is 5.13. The molecule has 8 nitrogen and oxygen atoms in total. The van der Waals surface area contributed by atoms with Gasteiger partial charge in [-0.25, -0.2) is 8.42 Å². The molecular weight excluding hydrogens is 420 g/mol. The highest BCUT2D eigenvalue weighted by Crippen LogP contribution is 2.32.